The molecule has 0 aliphatic heterocycles. The molecule has 0 spiro atoms. The Morgan fingerprint density at radius 1 is 1.65 bits per heavy atom. The van der Waals surface area contributed by atoms with Crippen molar-refractivity contribution >= 4 is 5.97 Å². The van der Waals surface area contributed by atoms with Crippen molar-refractivity contribution in [1.29, 1.82) is 5.26 Å². The van der Waals surface area contributed by atoms with Gasteiger partial charge in [0.2, 0.25) is 0 Å². The lowest BCUT2D eigenvalue weighted by atomic mass is 10.1. The molecule has 0 atom stereocenters. The molecule has 17 heavy (non-hydrogen) atoms. The quantitative estimate of drug-likeness (QED) is 0.798. The van der Waals surface area contributed by atoms with Crippen LogP contribution in [0.25, 0.3) is 0 Å². The number of aromatic nitrogens is 1. The van der Waals surface area contributed by atoms with Crippen LogP contribution in [0.4, 0.5) is 8.78 Å². The van der Waals surface area contributed by atoms with Crippen LogP contribution in [-0.4, -0.2) is 18.1 Å². The Morgan fingerprint density at radius 2 is 2.29 bits per heavy atom. The summed E-state index contributed by atoms with van der Waals surface area (Å²) in [5.41, 5.74) is -2.00. The number of aromatic amines is 1. The number of halogens is 2. The number of carbonyl (C=O) groups is 1. The summed E-state index contributed by atoms with van der Waals surface area (Å²) in [5, 5.41) is 8.70. The van der Waals surface area contributed by atoms with Crippen molar-refractivity contribution < 1.29 is 18.3 Å². The standard InChI is InChI=1S/C10H8F2N2O3/c1-17-8(15)3-5-2-7(9(11)12)14-10(16)6(5)4-13/h2,9H,3H2,1H3,(H,14,16). The first-order chi connectivity index (χ1) is 7.99. The highest BCUT2D eigenvalue weighted by Crippen LogP contribution is 2.17. The third-order valence-electron chi connectivity index (χ3n) is 2.05. The third kappa shape index (κ3) is 2.87. The number of hydrogen-bond acceptors (Lipinski definition) is 4. The topological polar surface area (TPSA) is 83.0 Å². The van der Waals surface area contributed by atoms with Crippen molar-refractivity contribution in [1.82, 2.24) is 4.98 Å². The van der Waals surface area contributed by atoms with Crippen LogP contribution in [-0.2, 0) is 16.0 Å². The summed E-state index contributed by atoms with van der Waals surface area (Å²) in [6.07, 6.45) is -3.28. The number of nitriles is 1. The number of H-pyrrole nitrogens is 1. The molecule has 5 nitrogen and oxygen atoms in total. The molecular weight excluding hydrogens is 234 g/mol. The molecule has 0 aliphatic rings. The van der Waals surface area contributed by atoms with Crippen LogP contribution in [0.5, 0.6) is 0 Å². The Morgan fingerprint density at radius 3 is 2.76 bits per heavy atom. The number of ether oxygens (including phenoxy) is 1. The first-order valence-electron chi connectivity index (χ1n) is 4.50. The van der Waals surface area contributed by atoms with Gasteiger partial charge in [-0.2, -0.15) is 5.26 Å². The molecule has 1 heterocycles. The fourth-order valence-corrected chi connectivity index (χ4v) is 1.24. The van der Waals surface area contributed by atoms with E-state index in [9.17, 15) is 18.4 Å². The minimum Gasteiger partial charge on any atom is -0.469 e. The molecule has 0 amide bonds. The zero-order chi connectivity index (χ0) is 13.0. The van der Waals surface area contributed by atoms with Crippen molar-refractivity contribution in [2.75, 3.05) is 7.11 Å². The molecule has 0 radical (unpaired) electrons. The van der Waals surface area contributed by atoms with Crippen LogP contribution in [0.1, 0.15) is 23.2 Å². The number of hydrogen-bond donors (Lipinski definition) is 1. The lowest BCUT2D eigenvalue weighted by molar-refractivity contribution is -0.139. The molecule has 90 valence electrons. The van der Waals surface area contributed by atoms with Crippen LogP contribution in [0, 0.1) is 11.3 Å². The van der Waals surface area contributed by atoms with Gasteiger partial charge in [0.15, 0.2) is 0 Å². The van der Waals surface area contributed by atoms with Gasteiger partial charge in [-0.25, -0.2) is 8.78 Å². The number of methoxy groups -OCH3 is 1. The molecule has 1 aromatic heterocycles. The lowest BCUT2D eigenvalue weighted by Crippen LogP contribution is -2.18. The number of rotatable bonds is 3. The molecule has 7 heteroatoms. The van der Waals surface area contributed by atoms with Crippen LogP contribution >= 0.6 is 0 Å². The molecule has 0 fully saturated rings. The van der Waals surface area contributed by atoms with Crippen LogP contribution in [0.3, 0.4) is 0 Å². The highest BCUT2D eigenvalue weighted by atomic mass is 19.3. The maximum Gasteiger partial charge on any atom is 0.310 e. The normalized spacial score (nSPS) is 10.1. The van der Waals surface area contributed by atoms with Crippen molar-refractivity contribution in [2.45, 2.75) is 12.8 Å². The predicted molar refractivity (Wildman–Crippen MR) is 52.5 cm³/mol. The summed E-state index contributed by atoms with van der Waals surface area (Å²) in [6, 6.07) is 2.48. The van der Waals surface area contributed by atoms with Gasteiger partial charge in [-0.15, -0.1) is 0 Å². The molecule has 1 N–H and O–H groups in total. The van der Waals surface area contributed by atoms with Gasteiger partial charge in [-0.3, -0.25) is 9.59 Å². The second kappa shape index (κ2) is 5.21. The molecule has 0 bridgehead atoms. The van der Waals surface area contributed by atoms with Gasteiger partial charge in [0.1, 0.15) is 11.6 Å². The summed E-state index contributed by atoms with van der Waals surface area (Å²) < 4.78 is 29.2. The zero-order valence-electron chi connectivity index (χ0n) is 8.79. The maximum absolute atomic E-state index is 12.4. The Kier molecular flexibility index (Phi) is 3.93. The van der Waals surface area contributed by atoms with E-state index >= 15 is 0 Å². The summed E-state index contributed by atoms with van der Waals surface area (Å²) in [5.74, 6) is -0.715. The second-order valence-corrected chi connectivity index (χ2v) is 3.12. The lowest BCUT2D eigenvalue weighted by Gasteiger charge is -2.05. The van der Waals surface area contributed by atoms with Crippen molar-refractivity contribution in [3.05, 3.63) is 33.2 Å². The van der Waals surface area contributed by atoms with Crippen LogP contribution in [0.15, 0.2) is 10.9 Å². The van der Waals surface area contributed by atoms with Crippen LogP contribution in [0.2, 0.25) is 0 Å². The molecule has 0 aliphatic carbocycles. The van der Waals surface area contributed by atoms with Crippen molar-refractivity contribution in [3.8, 4) is 6.07 Å². The van der Waals surface area contributed by atoms with E-state index in [2.05, 4.69) is 4.74 Å². The smallest absolute Gasteiger partial charge is 0.310 e. The number of esters is 1. The Hall–Kier alpha value is -2.23. The Labute approximate surface area is 94.6 Å². The van der Waals surface area contributed by atoms with E-state index in [0.29, 0.717) is 0 Å². The molecule has 0 unspecified atom stereocenters. The average Bonchev–Trinajstić information content (AvgIpc) is 2.28. The van der Waals surface area contributed by atoms with Gasteiger partial charge in [0.05, 0.1) is 19.2 Å². The van der Waals surface area contributed by atoms with Crippen LogP contribution < -0.4 is 5.56 Å². The Bertz CT molecular complexity index is 531. The minimum absolute atomic E-state index is 0.0709. The van der Waals surface area contributed by atoms with E-state index in [1.165, 1.54) is 0 Å². The van der Waals surface area contributed by atoms with Gasteiger partial charge in [-0.1, -0.05) is 0 Å². The number of nitrogens with one attached hydrogen (secondary N) is 1. The van der Waals surface area contributed by atoms with Gasteiger partial charge >= 0.3 is 5.97 Å². The van der Waals surface area contributed by atoms with E-state index in [4.69, 9.17) is 5.26 Å². The van der Waals surface area contributed by atoms with Crippen molar-refractivity contribution in [2.24, 2.45) is 0 Å². The molecule has 0 saturated carbocycles. The van der Waals surface area contributed by atoms with E-state index < -0.39 is 30.1 Å². The Balaban J connectivity index is 3.30. The first kappa shape index (κ1) is 12.8. The van der Waals surface area contributed by atoms with Crippen molar-refractivity contribution in [3.63, 3.8) is 0 Å². The highest BCUT2D eigenvalue weighted by Gasteiger charge is 2.17. The number of carbonyl (C=O) groups excluding carboxylic acids is 1. The maximum atomic E-state index is 12.4. The number of nitrogens with zero attached hydrogens (tertiary/aromatic N) is 1. The van der Waals surface area contributed by atoms with E-state index in [1.807, 2.05) is 4.98 Å². The summed E-state index contributed by atoms with van der Waals surface area (Å²) in [4.78, 5) is 24.2. The average molecular weight is 242 g/mol. The molecule has 1 rings (SSSR count). The predicted octanol–water partition coefficient (Wildman–Crippen LogP) is 0.900. The van der Waals surface area contributed by atoms with E-state index in [-0.39, 0.29) is 11.1 Å². The summed E-state index contributed by atoms with van der Waals surface area (Å²) in [6.45, 7) is 0. The fourth-order valence-electron chi connectivity index (χ4n) is 1.24. The van der Waals surface area contributed by atoms with Gasteiger partial charge in [0, 0.05) is 0 Å². The molecule has 0 aromatic carbocycles. The second-order valence-electron chi connectivity index (χ2n) is 3.12. The van der Waals surface area contributed by atoms with Gasteiger partial charge in [0.25, 0.3) is 12.0 Å². The SMILES string of the molecule is COC(=O)Cc1cc(C(F)F)[nH]c(=O)c1C#N. The van der Waals surface area contributed by atoms with E-state index in [1.54, 1.807) is 6.07 Å². The molecule has 0 saturated heterocycles. The monoisotopic (exact) mass is 242 g/mol. The number of alkyl halides is 2. The van der Waals surface area contributed by atoms with E-state index in [0.717, 1.165) is 13.2 Å². The molecular formula is C10H8F2N2O3. The summed E-state index contributed by atoms with van der Waals surface area (Å²) >= 11 is 0. The zero-order valence-corrected chi connectivity index (χ0v) is 8.79. The fraction of sp³-hybridized carbons (Fsp3) is 0.300. The minimum atomic E-state index is -2.88. The number of pyridine rings is 1. The first-order valence-corrected chi connectivity index (χ1v) is 4.50. The van der Waals surface area contributed by atoms with Gasteiger partial charge < -0.3 is 9.72 Å². The van der Waals surface area contributed by atoms with Gasteiger partial charge in [-0.05, 0) is 11.6 Å². The highest BCUT2D eigenvalue weighted by molar-refractivity contribution is 5.73. The molecule has 1 aromatic rings. The largest absolute Gasteiger partial charge is 0.469 e. The summed E-state index contributed by atoms with van der Waals surface area (Å²) in [7, 11) is 1.12. The third-order valence-corrected chi connectivity index (χ3v) is 2.05.